The van der Waals surface area contributed by atoms with E-state index in [1.807, 2.05) is 6.92 Å². The molecule has 9 heteroatoms. The quantitative estimate of drug-likeness (QED) is 0.630. The molecule has 1 amide bonds. The monoisotopic (exact) mass is 432 g/mol. The molecule has 0 unspecified atom stereocenters. The number of nitrogens with zero attached hydrogens (tertiary/aromatic N) is 3. The van der Waals surface area contributed by atoms with Gasteiger partial charge in [0.2, 0.25) is 5.17 Å². The van der Waals surface area contributed by atoms with E-state index < -0.39 is 5.91 Å². The first-order chi connectivity index (χ1) is 13.4. The maximum absolute atomic E-state index is 12.4. The maximum Gasteiger partial charge on any atom is 0.283 e. The minimum atomic E-state index is -0.486. The summed E-state index contributed by atoms with van der Waals surface area (Å²) in [5.74, 6) is 0.468. The highest BCUT2D eigenvalue weighted by atomic mass is 35.5. The number of amides is 1. The predicted octanol–water partition coefficient (Wildman–Crippen LogP) is 5.67. The van der Waals surface area contributed by atoms with Crippen LogP contribution in [0.25, 0.3) is 17.4 Å². The molecule has 1 aromatic carbocycles. The van der Waals surface area contributed by atoms with E-state index in [-0.39, 0.29) is 11.4 Å². The topological polar surface area (TPSA) is 82.0 Å². The van der Waals surface area contributed by atoms with Crippen molar-refractivity contribution >= 4 is 63.0 Å². The molecule has 0 aliphatic carbocycles. The Morgan fingerprint density at radius 1 is 1.25 bits per heavy atom. The predicted molar refractivity (Wildman–Crippen MR) is 114 cm³/mol. The zero-order chi connectivity index (χ0) is 19.8. The van der Waals surface area contributed by atoms with Crippen molar-refractivity contribution < 1.29 is 9.21 Å². The van der Waals surface area contributed by atoms with Crippen LogP contribution in [-0.4, -0.2) is 27.0 Å². The number of thioether (sulfide) groups is 1. The molecule has 1 N–H and O–H groups in total. The molecule has 0 radical (unpaired) electrons. The van der Waals surface area contributed by atoms with Crippen molar-refractivity contribution in [2.75, 3.05) is 0 Å². The third-order valence-corrected chi connectivity index (χ3v) is 5.43. The molecule has 0 saturated carbocycles. The zero-order valence-corrected chi connectivity index (χ0v) is 17.0. The Morgan fingerprint density at radius 2 is 2.00 bits per heavy atom. The lowest BCUT2D eigenvalue weighted by Gasteiger charge is -2.19. The summed E-state index contributed by atoms with van der Waals surface area (Å²) >= 11 is 13.4. The van der Waals surface area contributed by atoms with Gasteiger partial charge in [-0.25, -0.2) is 0 Å². The molecule has 2 aliphatic rings. The second kappa shape index (κ2) is 7.58. The number of aliphatic imine (C=N–C) groups is 1. The number of amidine groups is 2. The van der Waals surface area contributed by atoms with E-state index >= 15 is 0 Å². The van der Waals surface area contributed by atoms with Gasteiger partial charge in [-0.2, -0.15) is 15.1 Å². The molecule has 142 valence electrons. The Bertz CT molecular complexity index is 1070. The molecule has 28 heavy (non-hydrogen) atoms. The average molecular weight is 433 g/mol. The maximum atomic E-state index is 12.4. The lowest BCUT2D eigenvalue weighted by atomic mass is 10.1. The molecule has 1 aromatic heterocycles. The molecular weight excluding hydrogens is 419 g/mol. The van der Waals surface area contributed by atoms with Crippen LogP contribution in [-0.2, 0) is 4.79 Å². The van der Waals surface area contributed by atoms with Crippen molar-refractivity contribution in [1.29, 1.82) is 5.41 Å². The van der Waals surface area contributed by atoms with E-state index in [2.05, 4.69) is 10.1 Å². The second-order valence-electron chi connectivity index (χ2n) is 6.12. The van der Waals surface area contributed by atoms with Gasteiger partial charge in [0.15, 0.2) is 5.84 Å². The number of fused-ring (bicyclic) bond motifs is 1. The van der Waals surface area contributed by atoms with Crippen molar-refractivity contribution in [2.45, 2.75) is 19.8 Å². The van der Waals surface area contributed by atoms with Gasteiger partial charge in [-0.05, 0) is 61.0 Å². The van der Waals surface area contributed by atoms with E-state index in [9.17, 15) is 4.79 Å². The van der Waals surface area contributed by atoms with Crippen LogP contribution in [0.15, 0.2) is 50.4 Å². The fourth-order valence-corrected chi connectivity index (χ4v) is 4.28. The number of furan rings is 1. The van der Waals surface area contributed by atoms with Gasteiger partial charge in [0, 0.05) is 15.6 Å². The zero-order valence-electron chi connectivity index (χ0n) is 14.7. The fraction of sp³-hybridized carbons (Fsp3) is 0.158. The lowest BCUT2D eigenvalue weighted by Crippen LogP contribution is -2.35. The van der Waals surface area contributed by atoms with Crippen LogP contribution >= 0.6 is 35.0 Å². The standard InChI is InChI=1S/C19H14Cl2N4O2S/c1-2-3-16-24-25-17(22)14(18(26)23-19(25)28-16)9-13-4-5-15(27-13)10-6-11(20)8-12(21)7-10/h4-9,22H,2-3H2,1H3/b14-9-,22-17?. The average Bonchev–Trinajstić information content (AvgIpc) is 3.25. The Kier molecular flexibility index (Phi) is 5.14. The van der Waals surface area contributed by atoms with E-state index in [0.29, 0.717) is 26.7 Å². The summed E-state index contributed by atoms with van der Waals surface area (Å²) in [6.07, 6.45) is 3.21. The van der Waals surface area contributed by atoms with Gasteiger partial charge in [0.05, 0.1) is 5.57 Å². The number of halogens is 2. The smallest absolute Gasteiger partial charge is 0.283 e. The molecule has 0 atom stereocenters. The molecule has 0 fully saturated rings. The summed E-state index contributed by atoms with van der Waals surface area (Å²) in [5.41, 5.74) is 0.841. The first kappa shape index (κ1) is 19.0. The van der Waals surface area contributed by atoms with E-state index in [0.717, 1.165) is 23.4 Å². The van der Waals surface area contributed by atoms with Gasteiger partial charge in [-0.3, -0.25) is 10.2 Å². The summed E-state index contributed by atoms with van der Waals surface area (Å²) < 4.78 is 5.80. The Morgan fingerprint density at radius 3 is 2.71 bits per heavy atom. The molecular formula is C19H14Cl2N4O2S. The third kappa shape index (κ3) is 3.65. The second-order valence-corrected chi connectivity index (χ2v) is 8.04. The highest BCUT2D eigenvalue weighted by molar-refractivity contribution is 8.26. The number of hydrogen-bond donors (Lipinski definition) is 1. The Hall–Kier alpha value is -2.35. The van der Waals surface area contributed by atoms with Crippen LogP contribution < -0.4 is 0 Å². The van der Waals surface area contributed by atoms with Crippen molar-refractivity contribution in [3.63, 3.8) is 0 Å². The van der Waals surface area contributed by atoms with Crippen LogP contribution in [0, 0.1) is 5.41 Å². The SMILES string of the molecule is CCCC1=NN2C(=N)/C(=C/c3ccc(-c4cc(Cl)cc(Cl)c4)o3)C(=O)N=C2S1. The van der Waals surface area contributed by atoms with Crippen molar-refractivity contribution in [1.82, 2.24) is 5.01 Å². The molecule has 4 rings (SSSR count). The number of hydrogen-bond acceptors (Lipinski definition) is 5. The van der Waals surface area contributed by atoms with Gasteiger partial charge in [0.25, 0.3) is 5.91 Å². The van der Waals surface area contributed by atoms with Crippen LogP contribution in [0.4, 0.5) is 0 Å². The molecule has 2 aliphatic heterocycles. The van der Waals surface area contributed by atoms with Gasteiger partial charge in [-0.1, -0.05) is 30.1 Å². The first-order valence-electron chi connectivity index (χ1n) is 8.50. The van der Waals surface area contributed by atoms with E-state index in [1.165, 1.54) is 22.8 Å². The van der Waals surface area contributed by atoms with E-state index in [1.54, 1.807) is 30.3 Å². The van der Waals surface area contributed by atoms with Crippen molar-refractivity contribution in [3.8, 4) is 11.3 Å². The first-order valence-corrected chi connectivity index (χ1v) is 10.1. The van der Waals surface area contributed by atoms with Crippen molar-refractivity contribution in [3.05, 3.63) is 51.7 Å². The molecule has 3 heterocycles. The van der Waals surface area contributed by atoms with Gasteiger partial charge >= 0.3 is 0 Å². The molecule has 0 bridgehead atoms. The largest absolute Gasteiger partial charge is 0.457 e. The minimum Gasteiger partial charge on any atom is -0.457 e. The fourth-order valence-electron chi connectivity index (χ4n) is 2.77. The normalized spacial score (nSPS) is 17.8. The van der Waals surface area contributed by atoms with E-state index in [4.69, 9.17) is 33.0 Å². The molecule has 0 saturated heterocycles. The summed E-state index contributed by atoms with van der Waals surface area (Å²) in [5, 5.41) is 16.4. The van der Waals surface area contributed by atoms with Gasteiger partial charge in [-0.15, -0.1) is 0 Å². The number of nitrogens with one attached hydrogen (secondary N) is 1. The molecule has 2 aromatic rings. The highest BCUT2D eigenvalue weighted by Gasteiger charge is 2.35. The van der Waals surface area contributed by atoms with Crippen LogP contribution in [0.2, 0.25) is 10.0 Å². The number of hydrazone groups is 1. The summed E-state index contributed by atoms with van der Waals surface area (Å²) in [7, 11) is 0. The van der Waals surface area contributed by atoms with Crippen molar-refractivity contribution in [2.24, 2.45) is 10.1 Å². The third-order valence-electron chi connectivity index (χ3n) is 4.02. The number of carbonyl (C=O) groups excluding carboxylic acids is 1. The minimum absolute atomic E-state index is 0.0163. The Labute approximate surface area is 175 Å². The van der Waals surface area contributed by atoms with Crippen LogP contribution in [0.3, 0.4) is 0 Å². The van der Waals surface area contributed by atoms with Crippen LogP contribution in [0.5, 0.6) is 0 Å². The highest BCUT2D eigenvalue weighted by Crippen LogP contribution is 2.32. The summed E-state index contributed by atoms with van der Waals surface area (Å²) in [6.45, 7) is 2.05. The number of benzene rings is 1. The summed E-state index contributed by atoms with van der Waals surface area (Å²) in [6, 6.07) is 8.57. The molecule has 0 spiro atoms. The van der Waals surface area contributed by atoms with Crippen LogP contribution in [0.1, 0.15) is 25.5 Å². The lowest BCUT2D eigenvalue weighted by molar-refractivity contribution is -0.114. The van der Waals surface area contributed by atoms with Gasteiger partial charge < -0.3 is 4.42 Å². The Balaban J connectivity index is 1.64. The number of rotatable bonds is 4. The molecule has 6 nitrogen and oxygen atoms in total. The number of carbonyl (C=O) groups is 1. The van der Waals surface area contributed by atoms with Gasteiger partial charge in [0.1, 0.15) is 16.6 Å². The summed E-state index contributed by atoms with van der Waals surface area (Å²) in [4.78, 5) is 16.5.